The zero-order chi connectivity index (χ0) is 18.4. The summed E-state index contributed by atoms with van der Waals surface area (Å²) in [5, 5.41) is 0. The lowest BCUT2D eigenvalue weighted by Crippen LogP contribution is -2.31. The fourth-order valence-corrected chi connectivity index (χ4v) is 3.22. The number of hydrogen-bond donors (Lipinski definition) is 0. The summed E-state index contributed by atoms with van der Waals surface area (Å²) in [6.45, 7) is 4.98. The predicted octanol–water partition coefficient (Wildman–Crippen LogP) is 4.02. The van der Waals surface area contributed by atoms with Crippen LogP contribution in [0.4, 0.5) is 5.69 Å². The summed E-state index contributed by atoms with van der Waals surface area (Å²) in [5.41, 5.74) is 3.59. The molecular weight excluding hydrogens is 324 g/mol. The lowest BCUT2D eigenvalue weighted by atomic mass is 10.1. The van der Waals surface area contributed by atoms with Crippen molar-refractivity contribution < 1.29 is 9.53 Å². The van der Waals surface area contributed by atoms with Crippen molar-refractivity contribution in [3.05, 3.63) is 59.7 Å². The highest BCUT2D eigenvalue weighted by atomic mass is 16.5. The van der Waals surface area contributed by atoms with Crippen LogP contribution >= 0.6 is 0 Å². The number of carbonyl (C=O) groups is 1. The van der Waals surface area contributed by atoms with Crippen LogP contribution in [-0.4, -0.2) is 37.6 Å². The van der Waals surface area contributed by atoms with Gasteiger partial charge in [-0.05, 0) is 56.0 Å². The second-order valence-corrected chi connectivity index (χ2v) is 7.07. The van der Waals surface area contributed by atoms with E-state index in [1.165, 1.54) is 30.5 Å². The van der Waals surface area contributed by atoms with Crippen LogP contribution in [0.2, 0.25) is 0 Å². The molecule has 0 unspecified atom stereocenters. The average Bonchev–Trinajstić information content (AvgIpc) is 2.68. The van der Waals surface area contributed by atoms with E-state index in [2.05, 4.69) is 29.2 Å². The molecule has 3 rings (SSSR count). The maximum absolute atomic E-state index is 12.3. The number of piperidine rings is 1. The topological polar surface area (TPSA) is 32.8 Å². The number of likely N-dealkylation sites (N-methyl/N-ethyl adjacent to an activating group) is 1. The van der Waals surface area contributed by atoms with E-state index < -0.39 is 0 Å². The zero-order valence-corrected chi connectivity index (χ0v) is 15.8. The molecule has 0 saturated carbocycles. The quantitative estimate of drug-likeness (QED) is 0.787. The Bertz CT molecular complexity index is 704. The number of amides is 1. The molecule has 26 heavy (non-hydrogen) atoms. The summed E-state index contributed by atoms with van der Waals surface area (Å²) in [4.78, 5) is 16.4. The highest BCUT2D eigenvalue weighted by Gasteiger charge is 2.13. The van der Waals surface area contributed by atoms with Crippen LogP contribution in [0.5, 0.6) is 5.75 Å². The number of carbonyl (C=O) groups excluding carboxylic acids is 1. The predicted molar refractivity (Wildman–Crippen MR) is 106 cm³/mol. The minimum Gasteiger partial charge on any atom is -0.484 e. The molecule has 2 aromatic rings. The SMILES string of the molecule is Cc1ccc(OCC(=O)N(C)Cc2ccc(N3CCCCC3)cc2)cc1. The zero-order valence-electron chi connectivity index (χ0n) is 15.8. The van der Waals surface area contributed by atoms with Gasteiger partial charge in [0.05, 0.1) is 0 Å². The van der Waals surface area contributed by atoms with Crippen LogP contribution in [0.1, 0.15) is 30.4 Å². The number of ether oxygens (including phenoxy) is 1. The van der Waals surface area contributed by atoms with Gasteiger partial charge in [0.1, 0.15) is 5.75 Å². The molecule has 1 aliphatic rings. The van der Waals surface area contributed by atoms with Crippen molar-refractivity contribution in [1.29, 1.82) is 0 Å². The van der Waals surface area contributed by atoms with E-state index >= 15 is 0 Å². The smallest absolute Gasteiger partial charge is 0.260 e. The Hall–Kier alpha value is -2.49. The van der Waals surface area contributed by atoms with Gasteiger partial charge >= 0.3 is 0 Å². The highest BCUT2D eigenvalue weighted by molar-refractivity contribution is 5.77. The third-order valence-electron chi connectivity index (χ3n) is 4.89. The molecule has 0 aliphatic carbocycles. The molecule has 1 aliphatic heterocycles. The summed E-state index contributed by atoms with van der Waals surface area (Å²) in [6, 6.07) is 16.3. The van der Waals surface area contributed by atoms with Crippen molar-refractivity contribution >= 4 is 11.6 Å². The van der Waals surface area contributed by atoms with E-state index in [9.17, 15) is 4.79 Å². The van der Waals surface area contributed by atoms with Gasteiger partial charge < -0.3 is 14.5 Å². The highest BCUT2D eigenvalue weighted by Crippen LogP contribution is 2.20. The number of benzene rings is 2. The molecule has 4 heteroatoms. The maximum Gasteiger partial charge on any atom is 0.260 e. The first kappa shape index (κ1) is 18.3. The van der Waals surface area contributed by atoms with E-state index in [4.69, 9.17) is 4.74 Å². The fourth-order valence-electron chi connectivity index (χ4n) is 3.22. The molecule has 138 valence electrons. The van der Waals surface area contributed by atoms with Gasteiger partial charge in [0.25, 0.3) is 5.91 Å². The van der Waals surface area contributed by atoms with E-state index in [0.717, 1.165) is 24.4 Å². The second-order valence-electron chi connectivity index (χ2n) is 7.07. The number of aryl methyl sites for hydroxylation is 1. The molecule has 2 aromatic carbocycles. The van der Waals surface area contributed by atoms with E-state index in [1.54, 1.807) is 4.90 Å². The van der Waals surface area contributed by atoms with Crippen LogP contribution in [0.25, 0.3) is 0 Å². The minimum atomic E-state index is -0.0225. The van der Waals surface area contributed by atoms with E-state index in [-0.39, 0.29) is 12.5 Å². The summed E-state index contributed by atoms with van der Waals surface area (Å²) >= 11 is 0. The van der Waals surface area contributed by atoms with Crippen LogP contribution < -0.4 is 9.64 Å². The van der Waals surface area contributed by atoms with Crippen molar-refractivity contribution in [2.75, 3.05) is 31.6 Å². The first-order valence-corrected chi connectivity index (χ1v) is 9.39. The van der Waals surface area contributed by atoms with Gasteiger partial charge in [-0.1, -0.05) is 29.8 Å². The van der Waals surface area contributed by atoms with Gasteiger partial charge in [-0.25, -0.2) is 0 Å². The molecule has 0 N–H and O–H groups in total. The Morgan fingerprint density at radius 1 is 1.00 bits per heavy atom. The van der Waals surface area contributed by atoms with Gasteiger partial charge in [-0.2, -0.15) is 0 Å². The maximum atomic E-state index is 12.3. The van der Waals surface area contributed by atoms with Crippen molar-refractivity contribution in [2.24, 2.45) is 0 Å². The molecule has 1 amide bonds. The number of anilines is 1. The fraction of sp³-hybridized carbons (Fsp3) is 0.409. The van der Waals surface area contributed by atoms with Crippen LogP contribution in [0, 0.1) is 6.92 Å². The Kier molecular flexibility index (Phi) is 6.16. The average molecular weight is 352 g/mol. The molecule has 0 radical (unpaired) electrons. The van der Waals surface area contributed by atoms with Crippen LogP contribution in [0.15, 0.2) is 48.5 Å². The normalized spacial score (nSPS) is 14.2. The van der Waals surface area contributed by atoms with Crippen molar-refractivity contribution in [1.82, 2.24) is 4.90 Å². The number of nitrogens with zero attached hydrogens (tertiary/aromatic N) is 2. The molecule has 0 spiro atoms. The minimum absolute atomic E-state index is 0.0225. The lowest BCUT2D eigenvalue weighted by Gasteiger charge is -2.29. The molecule has 0 aromatic heterocycles. The van der Waals surface area contributed by atoms with Crippen LogP contribution in [0.3, 0.4) is 0 Å². The van der Waals surface area contributed by atoms with Gasteiger partial charge in [-0.3, -0.25) is 4.79 Å². The number of rotatable bonds is 6. The molecule has 4 nitrogen and oxygen atoms in total. The van der Waals surface area contributed by atoms with E-state index in [0.29, 0.717) is 6.54 Å². The Morgan fingerprint density at radius 2 is 1.65 bits per heavy atom. The Morgan fingerprint density at radius 3 is 2.31 bits per heavy atom. The molecule has 0 atom stereocenters. The first-order valence-electron chi connectivity index (χ1n) is 9.39. The third-order valence-corrected chi connectivity index (χ3v) is 4.89. The largest absolute Gasteiger partial charge is 0.484 e. The third kappa shape index (κ3) is 5.01. The van der Waals surface area contributed by atoms with Gasteiger partial charge in [0, 0.05) is 32.4 Å². The summed E-state index contributed by atoms with van der Waals surface area (Å²) in [5.74, 6) is 0.703. The van der Waals surface area contributed by atoms with Gasteiger partial charge in [0.15, 0.2) is 6.61 Å². The Balaban J connectivity index is 1.49. The van der Waals surface area contributed by atoms with E-state index in [1.807, 2.05) is 38.2 Å². The second kappa shape index (κ2) is 8.75. The first-order chi connectivity index (χ1) is 12.6. The number of hydrogen-bond acceptors (Lipinski definition) is 3. The molecule has 1 fully saturated rings. The van der Waals surface area contributed by atoms with Crippen LogP contribution in [-0.2, 0) is 11.3 Å². The summed E-state index contributed by atoms with van der Waals surface area (Å²) in [7, 11) is 1.82. The van der Waals surface area contributed by atoms with Crippen molar-refractivity contribution in [3.63, 3.8) is 0 Å². The van der Waals surface area contributed by atoms with Crippen molar-refractivity contribution in [3.8, 4) is 5.75 Å². The monoisotopic (exact) mass is 352 g/mol. The molecular formula is C22H28N2O2. The molecule has 1 saturated heterocycles. The molecule has 1 heterocycles. The Labute approximate surface area is 156 Å². The summed E-state index contributed by atoms with van der Waals surface area (Å²) in [6.07, 6.45) is 3.89. The standard InChI is InChI=1S/C22H28N2O2/c1-18-6-12-21(13-7-18)26-17-22(25)23(2)16-19-8-10-20(11-9-19)24-14-4-3-5-15-24/h6-13H,3-5,14-17H2,1-2H3. The van der Waals surface area contributed by atoms with Crippen molar-refractivity contribution in [2.45, 2.75) is 32.7 Å². The summed E-state index contributed by atoms with van der Waals surface area (Å²) < 4.78 is 5.58. The van der Waals surface area contributed by atoms with Gasteiger partial charge in [0.2, 0.25) is 0 Å². The molecule has 0 bridgehead atoms. The lowest BCUT2D eigenvalue weighted by molar-refractivity contribution is -0.132. The van der Waals surface area contributed by atoms with Gasteiger partial charge in [-0.15, -0.1) is 0 Å².